The fourth-order valence-corrected chi connectivity index (χ4v) is 5.54. The molecule has 1 aliphatic rings. The molecule has 2 heterocycles. The van der Waals surface area contributed by atoms with Gasteiger partial charge in [0.25, 0.3) is 5.91 Å². The van der Waals surface area contributed by atoms with Gasteiger partial charge in [-0.3, -0.25) is 10.2 Å². The molecule has 1 saturated heterocycles. The number of likely N-dealkylation sites (tertiary alicyclic amines) is 1. The summed E-state index contributed by atoms with van der Waals surface area (Å²) in [7, 11) is 1.03. The summed E-state index contributed by atoms with van der Waals surface area (Å²) in [5.41, 5.74) is 3.38. The van der Waals surface area contributed by atoms with E-state index in [0.29, 0.717) is 17.8 Å². The molecule has 3 aromatic rings. The number of nitrogens with one attached hydrogen (secondary N) is 2. The Morgan fingerprint density at radius 2 is 1.92 bits per heavy atom. The smallest absolute Gasteiger partial charge is 0.320 e. The largest absolute Gasteiger partial charge is 0.497 e. The molecule has 1 aliphatic heterocycles. The zero-order chi connectivity index (χ0) is 28.3. The highest BCUT2D eigenvalue weighted by molar-refractivity contribution is 7.89. The summed E-state index contributed by atoms with van der Waals surface area (Å²) in [5.74, 6) is -1.93. The number of amides is 3. The minimum Gasteiger partial charge on any atom is -0.497 e. The van der Waals surface area contributed by atoms with Gasteiger partial charge in [0, 0.05) is 51.4 Å². The predicted molar refractivity (Wildman–Crippen MR) is 143 cm³/mol. The number of carbonyl (C=O) groups is 2. The average molecular weight is 579 g/mol. The highest BCUT2D eigenvalue weighted by atomic mass is 35.5. The number of ether oxygens (including phenoxy) is 1. The van der Waals surface area contributed by atoms with Gasteiger partial charge in [0.1, 0.15) is 5.75 Å². The maximum absolute atomic E-state index is 14.6. The van der Waals surface area contributed by atoms with Gasteiger partial charge in [-0.2, -0.15) is 0 Å². The van der Waals surface area contributed by atoms with Gasteiger partial charge in [0.05, 0.1) is 35.5 Å². The quantitative estimate of drug-likeness (QED) is 0.376. The Labute approximate surface area is 230 Å². The second-order valence-corrected chi connectivity index (χ2v) is 11.5. The Hall–Kier alpha value is -3.68. The van der Waals surface area contributed by atoms with Gasteiger partial charge in [-0.15, -0.1) is 4.83 Å². The van der Waals surface area contributed by atoms with E-state index in [1.807, 2.05) is 34.5 Å². The molecule has 0 aliphatic carbocycles. The van der Waals surface area contributed by atoms with Gasteiger partial charge >= 0.3 is 6.03 Å². The van der Waals surface area contributed by atoms with E-state index < -0.39 is 27.3 Å². The van der Waals surface area contributed by atoms with Crippen LogP contribution in [0.5, 0.6) is 5.75 Å². The zero-order valence-electron chi connectivity index (χ0n) is 21.5. The van der Waals surface area contributed by atoms with Crippen LogP contribution < -0.4 is 15.0 Å². The van der Waals surface area contributed by atoms with Gasteiger partial charge in [0.2, 0.25) is 10.0 Å². The van der Waals surface area contributed by atoms with E-state index in [1.165, 1.54) is 18.5 Å². The molecule has 208 valence electrons. The van der Waals surface area contributed by atoms with Crippen LogP contribution in [-0.2, 0) is 23.6 Å². The number of imidazole rings is 1. The van der Waals surface area contributed by atoms with E-state index in [1.54, 1.807) is 41.8 Å². The molecule has 0 unspecified atom stereocenters. The molecule has 0 saturated carbocycles. The van der Waals surface area contributed by atoms with Crippen molar-refractivity contribution in [3.05, 3.63) is 70.9 Å². The van der Waals surface area contributed by atoms with Crippen LogP contribution in [-0.4, -0.2) is 72.7 Å². The number of urea groups is 1. The standard InChI is InChI=1S/C25H28ClFN6O5S/c1-31-13-22(28-15-31)18-8-20(23(27)21(26)9-18)24(34)29-30-39(36,37)14-17-11-33(12-17)25(35)32(2)10-16-4-6-19(38-3)7-5-16/h4-9,13,15,17,30H,10-12,14H2,1-3H3,(H,29,34). The second kappa shape index (κ2) is 11.6. The number of aryl methyl sites for hydroxylation is 1. The molecule has 1 fully saturated rings. The summed E-state index contributed by atoms with van der Waals surface area (Å²) >= 11 is 5.96. The topological polar surface area (TPSA) is 126 Å². The number of carbonyl (C=O) groups excluding carboxylic acids is 2. The highest BCUT2D eigenvalue weighted by Gasteiger charge is 2.35. The van der Waals surface area contributed by atoms with Crippen LogP contribution in [0.1, 0.15) is 15.9 Å². The number of nitrogens with zero attached hydrogens (tertiary/aromatic N) is 4. The van der Waals surface area contributed by atoms with Gasteiger partial charge in [-0.05, 0) is 29.8 Å². The van der Waals surface area contributed by atoms with Crippen LogP contribution in [0.15, 0.2) is 48.9 Å². The lowest BCUT2D eigenvalue weighted by Crippen LogP contribution is -2.57. The van der Waals surface area contributed by atoms with E-state index >= 15 is 0 Å². The van der Waals surface area contributed by atoms with Crippen molar-refractivity contribution in [2.45, 2.75) is 6.54 Å². The summed E-state index contributed by atoms with van der Waals surface area (Å²) in [5, 5.41) is -0.303. The zero-order valence-corrected chi connectivity index (χ0v) is 23.1. The lowest BCUT2D eigenvalue weighted by Gasteiger charge is -2.41. The van der Waals surface area contributed by atoms with E-state index in [0.717, 1.165) is 11.3 Å². The molecule has 2 aromatic carbocycles. The van der Waals surface area contributed by atoms with E-state index in [2.05, 4.69) is 4.98 Å². The number of hydrogen-bond donors (Lipinski definition) is 2. The van der Waals surface area contributed by atoms with Crippen LogP contribution >= 0.6 is 11.6 Å². The Kier molecular flexibility index (Phi) is 8.42. The summed E-state index contributed by atoms with van der Waals surface area (Å²) < 4.78 is 46.4. The molecule has 0 bridgehead atoms. The average Bonchev–Trinajstić information content (AvgIpc) is 3.32. The minimum atomic E-state index is -3.97. The van der Waals surface area contributed by atoms with Gasteiger partial charge in [-0.1, -0.05) is 23.7 Å². The molecule has 11 nitrogen and oxygen atoms in total. The normalized spacial score (nSPS) is 13.6. The number of rotatable bonds is 9. The van der Waals surface area contributed by atoms with Crippen LogP contribution in [0.2, 0.25) is 5.02 Å². The van der Waals surface area contributed by atoms with E-state index in [9.17, 15) is 22.4 Å². The third kappa shape index (κ3) is 6.85. The Morgan fingerprint density at radius 1 is 1.23 bits per heavy atom. The Morgan fingerprint density at radius 3 is 2.54 bits per heavy atom. The Balaban J connectivity index is 1.28. The van der Waals surface area contributed by atoms with Gasteiger partial charge in [0.15, 0.2) is 5.82 Å². The molecule has 0 spiro atoms. The predicted octanol–water partition coefficient (Wildman–Crippen LogP) is 2.64. The monoisotopic (exact) mass is 578 g/mol. The first-order chi connectivity index (χ1) is 18.5. The fraction of sp³-hybridized carbons (Fsp3) is 0.320. The van der Waals surface area contributed by atoms with Crippen molar-refractivity contribution >= 4 is 33.6 Å². The first kappa shape index (κ1) is 28.3. The number of benzene rings is 2. The molecule has 3 amide bonds. The van der Waals surface area contributed by atoms with Gasteiger partial charge < -0.3 is 19.1 Å². The minimum absolute atomic E-state index is 0.221. The van der Waals surface area contributed by atoms with Crippen LogP contribution in [0.25, 0.3) is 11.3 Å². The number of hydrogen-bond acceptors (Lipinski definition) is 6. The number of halogens is 2. The van der Waals surface area contributed by atoms with Crippen LogP contribution in [0.4, 0.5) is 9.18 Å². The maximum atomic E-state index is 14.6. The molecule has 0 radical (unpaired) electrons. The molecular formula is C25H28ClFN6O5S. The van der Waals surface area contributed by atoms with Crippen molar-refractivity contribution in [2.75, 3.05) is 33.0 Å². The number of hydrazine groups is 1. The lowest BCUT2D eigenvalue weighted by molar-refractivity contribution is 0.0940. The van der Waals surface area contributed by atoms with Crippen LogP contribution in [0.3, 0.4) is 0 Å². The summed E-state index contributed by atoms with van der Waals surface area (Å²) in [6.07, 6.45) is 3.20. The SMILES string of the molecule is COc1ccc(CN(C)C(=O)N2CC(CS(=O)(=O)NNC(=O)c3cc(-c4cn(C)cn4)cc(Cl)c3F)C2)cc1. The first-order valence-electron chi connectivity index (χ1n) is 11.9. The van der Waals surface area contributed by atoms with Crippen molar-refractivity contribution in [1.82, 2.24) is 29.6 Å². The van der Waals surface area contributed by atoms with E-state index in [-0.39, 0.29) is 35.8 Å². The molecule has 4 rings (SSSR count). The van der Waals surface area contributed by atoms with Crippen molar-refractivity contribution < 1.29 is 27.1 Å². The maximum Gasteiger partial charge on any atom is 0.320 e. The van der Waals surface area contributed by atoms with Crippen molar-refractivity contribution in [2.24, 2.45) is 13.0 Å². The first-order valence-corrected chi connectivity index (χ1v) is 13.9. The third-order valence-corrected chi connectivity index (χ3v) is 7.78. The number of sulfonamides is 1. The Bertz CT molecular complexity index is 1470. The van der Waals surface area contributed by atoms with Crippen molar-refractivity contribution in [3.8, 4) is 17.0 Å². The second-order valence-electron chi connectivity index (χ2n) is 9.34. The molecule has 39 heavy (non-hydrogen) atoms. The van der Waals surface area contributed by atoms with E-state index in [4.69, 9.17) is 16.3 Å². The molecule has 2 N–H and O–H groups in total. The van der Waals surface area contributed by atoms with Crippen molar-refractivity contribution in [1.29, 1.82) is 0 Å². The molecule has 1 aromatic heterocycles. The van der Waals surface area contributed by atoms with Gasteiger partial charge in [-0.25, -0.2) is 22.6 Å². The number of aromatic nitrogens is 2. The molecule has 0 atom stereocenters. The summed E-state index contributed by atoms with van der Waals surface area (Å²) in [6.45, 7) is 0.881. The highest BCUT2D eigenvalue weighted by Crippen LogP contribution is 2.27. The fourth-order valence-electron chi connectivity index (χ4n) is 4.15. The summed E-state index contributed by atoms with van der Waals surface area (Å²) in [4.78, 5) is 34.5. The third-order valence-electron chi connectivity index (χ3n) is 6.18. The van der Waals surface area contributed by atoms with Crippen LogP contribution in [0, 0.1) is 11.7 Å². The lowest BCUT2D eigenvalue weighted by atomic mass is 10.0. The molecular weight excluding hydrogens is 551 g/mol. The number of methoxy groups -OCH3 is 1. The van der Waals surface area contributed by atoms with Crippen molar-refractivity contribution in [3.63, 3.8) is 0 Å². The summed E-state index contributed by atoms with van der Waals surface area (Å²) in [6, 6.07) is 9.70. The molecule has 14 heteroatoms.